The van der Waals surface area contributed by atoms with Crippen LogP contribution in [-0.2, 0) is 12.8 Å². The largest absolute Gasteiger partial charge is 0.312 e. The van der Waals surface area contributed by atoms with E-state index >= 15 is 0 Å². The Kier molecular flexibility index (Phi) is 5.13. The second-order valence-electron chi connectivity index (χ2n) is 12.7. The first-order valence-corrected chi connectivity index (χ1v) is 17.9. The molecule has 1 aliphatic carbocycles. The minimum Gasteiger partial charge on any atom is -0.312 e. The van der Waals surface area contributed by atoms with Crippen molar-refractivity contribution in [3.63, 3.8) is 0 Å². The lowest BCUT2D eigenvalue weighted by atomic mass is 9.95. The lowest BCUT2D eigenvalue weighted by molar-refractivity contribution is 0.667. The summed E-state index contributed by atoms with van der Waals surface area (Å²) in [5, 5.41) is 9.44. The SMILES string of the molecule is c1ccc2c(c1)sc1c(-n3c4c(c5cc6c(cc53)c3ccccc3n6-c3cccc5c3sc3ccccc35)CCCC4)cccc12. The summed E-state index contributed by atoms with van der Waals surface area (Å²) in [5.74, 6) is 0. The molecule has 4 heterocycles. The molecule has 4 aromatic heterocycles. The van der Waals surface area contributed by atoms with Crippen LogP contribution in [0.5, 0.6) is 0 Å². The van der Waals surface area contributed by atoms with E-state index in [1.165, 1.54) is 109 Å². The standard InChI is InChI=1S/C42H28N2S2/c1-5-17-33-25(11-1)31-23-38-32(24-37(31)43(33)35-19-9-15-29-27-13-3-7-21-39(27)45-41(29)35)26-12-2-6-18-34(26)44(38)36-20-10-16-30-28-14-4-8-22-40(28)46-42(30)36/h1,3-5,7-11,13-17,19-24H,2,6,12,18H2. The third-order valence-electron chi connectivity index (χ3n) is 10.3. The van der Waals surface area contributed by atoms with E-state index in [2.05, 4.69) is 130 Å². The third kappa shape index (κ3) is 3.30. The molecule has 0 amide bonds. The molecule has 0 saturated heterocycles. The average Bonchev–Trinajstić information content (AvgIpc) is 3.85. The van der Waals surface area contributed by atoms with Gasteiger partial charge >= 0.3 is 0 Å². The maximum Gasteiger partial charge on any atom is 0.0640 e. The van der Waals surface area contributed by atoms with Gasteiger partial charge in [0.15, 0.2) is 0 Å². The van der Waals surface area contributed by atoms with Gasteiger partial charge in [0.25, 0.3) is 0 Å². The Morgan fingerprint density at radius 1 is 0.413 bits per heavy atom. The lowest BCUT2D eigenvalue weighted by Gasteiger charge is -2.16. The Hall–Kier alpha value is -4.90. The zero-order valence-corrected chi connectivity index (χ0v) is 26.7. The first kappa shape index (κ1) is 25.3. The number of aryl methyl sites for hydroxylation is 1. The fourth-order valence-electron chi connectivity index (χ4n) is 8.35. The highest BCUT2D eigenvalue weighted by Crippen LogP contribution is 2.45. The number of hydrogen-bond acceptors (Lipinski definition) is 2. The molecule has 1 aliphatic rings. The van der Waals surface area contributed by atoms with E-state index in [1.54, 1.807) is 0 Å². The normalized spacial score (nSPS) is 13.7. The van der Waals surface area contributed by atoms with Crippen molar-refractivity contribution in [1.29, 1.82) is 0 Å². The van der Waals surface area contributed by atoms with Crippen LogP contribution in [0.25, 0.3) is 84.4 Å². The van der Waals surface area contributed by atoms with Crippen LogP contribution in [0.4, 0.5) is 0 Å². The molecule has 6 aromatic carbocycles. The van der Waals surface area contributed by atoms with E-state index in [0.717, 1.165) is 12.8 Å². The van der Waals surface area contributed by atoms with E-state index in [-0.39, 0.29) is 0 Å². The van der Waals surface area contributed by atoms with Crippen molar-refractivity contribution in [2.24, 2.45) is 0 Å². The van der Waals surface area contributed by atoms with Gasteiger partial charge in [0.2, 0.25) is 0 Å². The maximum absolute atomic E-state index is 2.64. The Balaban J connectivity index is 1.27. The summed E-state index contributed by atoms with van der Waals surface area (Å²) >= 11 is 3.84. The fourth-order valence-corrected chi connectivity index (χ4v) is 10.8. The Labute approximate surface area is 273 Å². The molecule has 0 aliphatic heterocycles. The number of para-hydroxylation sites is 1. The highest BCUT2D eigenvalue weighted by Gasteiger charge is 2.25. The summed E-state index contributed by atoms with van der Waals surface area (Å²) in [6.45, 7) is 0. The van der Waals surface area contributed by atoms with Crippen LogP contribution in [0.15, 0.2) is 121 Å². The predicted molar refractivity (Wildman–Crippen MR) is 200 cm³/mol. The van der Waals surface area contributed by atoms with E-state index in [9.17, 15) is 0 Å². The van der Waals surface area contributed by atoms with Crippen molar-refractivity contribution in [1.82, 2.24) is 9.13 Å². The van der Waals surface area contributed by atoms with Crippen LogP contribution in [-0.4, -0.2) is 9.13 Å². The maximum atomic E-state index is 2.64. The van der Waals surface area contributed by atoms with Gasteiger partial charge in [0.1, 0.15) is 0 Å². The minimum atomic E-state index is 1.12. The molecule has 0 bridgehead atoms. The Bertz CT molecular complexity index is 2870. The highest BCUT2D eigenvalue weighted by atomic mass is 32.1. The number of hydrogen-bond donors (Lipinski definition) is 0. The van der Waals surface area contributed by atoms with Gasteiger partial charge in [-0.05, 0) is 73.7 Å². The van der Waals surface area contributed by atoms with Crippen LogP contribution in [0.2, 0.25) is 0 Å². The second-order valence-corrected chi connectivity index (χ2v) is 14.8. The quantitative estimate of drug-likeness (QED) is 0.181. The van der Waals surface area contributed by atoms with Gasteiger partial charge in [0.05, 0.1) is 37.3 Å². The first-order valence-electron chi connectivity index (χ1n) is 16.2. The summed E-state index contributed by atoms with van der Waals surface area (Å²) in [6, 6.07) is 45.5. The number of aromatic nitrogens is 2. The van der Waals surface area contributed by atoms with Gasteiger partial charge in [0, 0.05) is 52.8 Å². The molecule has 0 N–H and O–H groups in total. The molecule has 0 radical (unpaired) electrons. The zero-order chi connectivity index (χ0) is 29.9. The second kappa shape index (κ2) is 9.32. The van der Waals surface area contributed by atoms with Crippen LogP contribution < -0.4 is 0 Å². The van der Waals surface area contributed by atoms with E-state index in [1.807, 2.05) is 22.7 Å². The van der Waals surface area contributed by atoms with Gasteiger partial charge in [-0.2, -0.15) is 0 Å². The molecule has 0 unspecified atom stereocenters. The summed E-state index contributed by atoms with van der Waals surface area (Å²) in [7, 11) is 0. The van der Waals surface area contributed by atoms with Gasteiger partial charge in [-0.1, -0.05) is 78.9 Å². The third-order valence-corrected chi connectivity index (χ3v) is 12.7. The molecule has 4 heteroatoms. The molecule has 0 spiro atoms. The molecule has 0 atom stereocenters. The topological polar surface area (TPSA) is 9.86 Å². The number of rotatable bonds is 2. The first-order chi connectivity index (χ1) is 22.8. The van der Waals surface area contributed by atoms with Gasteiger partial charge < -0.3 is 9.13 Å². The van der Waals surface area contributed by atoms with Crippen molar-refractivity contribution >= 4 is 95.7 Å². The van der Waals surface area contributed by atoms with Crippen molar-refractivity contribution in [3.05, 3.63) is 133 Å². The minimum absolute atomic E-state index is 1.12. The number of benzene rings is 6. The van der Waals surface area contributed by atoms with Crippen molar-refractivity contribution in [2.45, 2.75) is 25.7 Å². The molecule has 218 valence electrons. The number of nitrogens with zero attached hydrogens (tertiary/aromatic N) is 2. The van der Waals surface area contributed by atoms with Gasteiger partial charge in [-0.3, -0.25) is 0 Å². The summed E-state index contributed by atoms with van der Waals surface area (Å²) in [4.78, 5) is 0. The lowest BCUT2D eigenvalue weighted by Crippen LogP contribution is -2.06. The molecular weight excluding hydrogens is 597 g/mol. The molecule has 0 saturated carbocycles. The van der Waals surface area contributed by atoms with Crippen molar-refractivity contribution in [3.8, 4) is 11.4 Å². The van der Waals surface area contributed by atoms with Crippen molar-refractivity contribution < 1.29 is 0 Å². The summed E-state index contributed by atoms with van der Waals surface area (Å²) in [5.41, 5.74) is 9.54. The van der Waals surface area contributed by atoms with Crippen LogP contribution in [0.1, 0.15) is 24.1 Å². The Morgan fingerprint density at radius 3 is 1.67 bits per heavy atom. The van der Waals surface area contributed by atoms with Gasteiger partial charge in [-0.15, -0.1) is 22.7 Å². The monoisotopic (exact) mass is 624 g/mol. The predicted octanol–water partition coefficient (Wildman–Crippen LogP) is 12.3. The number of thiophene rings is 2. The molecule has 10 aromatic rings. The molecule has 11 rings (SSSR count). The van der Waals surface area contributed by atoms with Crippen molar-refractivity contribution in [2.75, 3.05) is 0 Å². The molecular formula is C42H28N2S2. The Morgan fingerprint density at radius 2 is 0.957 bits per heavy atom. The molecule has 0 fully saturated rings. The smallest absolute Gasteiger partial charge is 0.0640 e. The van der Waals surface area contributed by atoms with Crippen LogP contribution >= 0.6 is 22.7 Å². The van der Waals surface area contributed by atoms with Crippen LogP contribution in [0.3, 0.4) is 0 Å². The molecule has 2 nitrogen and oxygen atoms in total. The van der Waals surface area contributed by atoms with E-state index in [4.69, 9.17) is 0 Å². The summed E-state index contributed by atoms with van der Waals surface area (Å²) < 4.78 is 10.6. The summed E-state index contributed by atoms with van der Waals surface area (Å²) in [6.07, 6.45) is 4.76. The van der Waals surface area contributed by atoms with E-state index in [0.29, 0.717) is 0 Å². The number of fused-ring (bicyclic) bond motifs is 12. The van der Waals surface area contributed by atoms with E-state index < -0.39 is 0 Å². The fraction of sp³-hybridized carbons (Fsp3) is 0.0952. The van der Waals surface area contributed by atoms with Crippen LogP contribution in [0, 0.1) is 0 Å². The average molecular weight is 625 g/mol. The highest BCUT2D eigenvalue weighted by molar-refractivity contribution is 7.26. The molecule has 46 heavy (non-hydrogen) atoms. The van der Waals surface area contributed by atoms with Gasteiger partial charge in [-0.25, -0.2) is 0 Å². The zero-order valence-electron chi connectivity index (χ0n) is 25.1.